The van der Waals surface area contributed by atoms with Gasteiger partial charge in [0.05, 0.1) is 18.4 Å². The number of halogens is 1. The molecule has 0 spiro atoms. The molecule has 0 bridgehead atoms. The SMILES string of the molecule is COC(=O)c1c(NC(=O)CSc2cccc(NC(=O)c3cccc(Cl)c3)c2)sc2c1CCC(C(C)(C)C)C2. The van der Waals surface area contributed by atoms with Crippen molar-refractivity contribution in [2.45, 2.75) is 44.9 Å². The molecule has 1 atom stereocenters. The van der Waals surface area contributed by atoms with Gasteiger partial charge in [-0.2, -0.15) is 0 Å². The summed E-state index contributed by atoms with van der Waals surface area (Å²) in [6, 6.07) is 14.0. The number of hydrogen-bond donors (Lipinski definition) is 2. The lowest BCUT2D eigenvalue weighted by molar-refractivity contribution is -0.113. The molecule has 0 radical (unpaired) electrons. The maximum atomic E-state index is 12.9. The standard InChI is InChI=1S/C29H31ClN2O4S2/c1-29(2,3)18-11-12-22-23(14-18)38-27(25(22)28(35)36-4)32-24(33)16-37-21-10-6-9-20(15-21)31-26(34)17-7-5-8-19(30)13-17/h5-10,13,15,18H,11-12,14,16H2,1-4H3,(H,31,34)(H,32,33). The smallest absolute Gasteiger partial charge is 0.341 e. The Morgan fingerprint density at radius 2 is 1.87 bits per heavy atom. The van der Waals surface area contributed by atoms with E-state index in [-0.39, 0.29) is 23.0 Å². The third-order valence-corrected chi connectivity index (χ3v) is 9.08. The maximum Gasteiger partial charge on any atom is 0.341 e. The van der Waals surface area contributed by atoms with Crippen molar-refractivity contribution in [3.8, 4) is 0 Å². The number of rotatable bonds is 7. The predicted octanol–water partition coefficient (Wildman–Crippen LogP) is 7.32. The number of anilines is 2. The van der Waals surface area contributed by atoms with E-state index >= 15 is 0 Å². The van der Waals surface area contributed by atoms with Crippen LogP contribution in [0, 0.1) is 11.3 Å². The third kappa shape index (κ3) is 6.79. The summed E-state index contributed by atoms with van der Waals surface area (Å²) in [6.07, 6.45) is 2.70. The van der Waals surface area contributed by atoms with Gasteiger partial charge in [-0.1, -0.05) is 44.5 Å². The summed E-state index contributed by atoms with van der Waals surface area (Å²) in [4.78, 5) is 40.1. The van der Waals surface area contributed by atoms with Crippen LogP contribution in [0.1, 0.15) is 58.3 Å². The van der Waals surface area contributed by atoms with Crippen LogP contribution in [0.25, 0.3) is 0 Å². The van der Waals surface area contributed by atoms with Gasteiger partial charge in [0.1, 0.15) is 5.00 Å². The summed E-state index contributed by atoms with van der Waals surface area (Å²) in [5, 5.41) is 6.87. The second-order valence-electron chi connectivity index (χ2n) is 10.3. The Balaban J connectivity index is 1.41. The number of thioether (sulfide) groups is 1. The first kappa shape index (κ1) is 28.2. The Kier molecular flexibility index (Phi) is 8.85. The second-order valence-corrected chi connectivity index (χ2v) is 12.9. The molecule has 9 heteroatoms. The Morgan fingerprint density at radius 3 is 2.58 bits per heavy atom. The Hall–Kier alpha value is -2.81. The molecule has 1 aliphatic rings. The van der Waals surface area contributed by atoms with E-state index in [4.69, 9.17) is 16.3 Å². The molecule has 0 saturated carbocycles. The molecule has 38 heavy (non-hydrogen) atoms. The summed E-state index contributed by atoms with van der Waals surface area (Å²) in [6.45, 7) is 6.74. The molecular formula is C29H31ClN2O4S2. The number of esters is 1. The van der Waals surface area contributed by atoms with Crippen molar-refractivity contribution in [3.63, 3.8) is 0 Å². The van der Waals surface area contributed by atoms with Gasteiger partial charge in [0.25, 0.3) is 5.91 Å². The van der Waals surface area contributed by atoms with Gasteiger partial charge in [0, 0.05) is 26.0 Å². The zero-order valence-corrected chi connectivity index (χ0v) is 24.2. The number of hydrogen-bond acceptors (Lipinski definition) is 6. The minimum absolute atomic E-state index is 0.152. The quantitative estimate of drug-likeness (QED) is 0.229. The van der Waals surface area contributed by atoms with Gasteiger partial charge < -0.3 is 15.4 Å². The molecule has 2 N–H and O–H groups in total. The van der Waals surface area contributed by atoms with E-state index in [2.05, 4.69) is 31.4 Å². The lowest BCUT2D eigenvalue weighted by atomic mass is 9.72. The average Bonchev–Trinajstić information content (AvgIpc) is 3.23. The summed E-state index contributed by atoms with van der Waals surface area (Å²) in [5.41, 5.74) is 2.75. The van der Waals surface area contributed by atoms with Crippen LogP contribution in [0.3, 0.4) is 0 Å². The van der Waals surface area contributed by atoms with E-state index in [0.717, 1.165) is 34.6 Å². The van der Waals surface area contributed by atoms with E-state index in [1.807, 2.05) is 18.2 Å². The maximum absolute atomic E-state index is 12.9. The molecule has 1 aromatic heterocycles. The zero-order valence-electron chi connectivity index (χ0n) is 21.9. The predicted molar refractivity (Wildman–Crippen MR) is 156 cm³/mol. The monoisotopic (exact) mass is 570 g/mol. The molecule has 1 aliphatic carbocycles. The largest absolute Gasteiger partial charge is 0.465 e. The third-order valence-electron chi connectivity index (χ3n) is 6.68. The average molecular weight is 571 g/mol. The van der Waals surface area contributed by atoms with Crippen LogP contribution in [0.2, 0.25) is 5.02 Å². The van der Waals surface area contributed by atoms with Crippen molar-refractivity contribution in [2.75, 3.05) is 23.5 Å². The number of methoxy groups -OCH3 is 1. The molecular weight excluding hydrogens is 540 g/mol. The Labute approximate surface area is 236 Å². The zero-order chi connectivity index (χ0) is 27.4. The van der Waals surface area contributed by atoms with Gasteiger partial charge in [-0.25, -0.2) is 4.79 Å². The lowest BCUT2D eigenvalue weighted by Crippen LogP contribution is -2.26. The minimum Gasteiger partial charge on any atom is -0.465 e. The van der Waals surface area contributed by atoms with E-state index < -0.39 is 5.97 Å². The highest BCUT2D eigenvalue weighted by Gasteiger charge is 2.34. The van der Waals surface area contributed by atoms with Crippen LogP contribution < -0.4 is 10.6 Å². The minimum atomic E-state index is -0.414. The summed E-state index contributed by atoms with van der Waals surface area (Å²) in [7, 11) is 1.37. The first-order valence-electron chi connectivity index (χ1n) is 12.4. The van der Waals surface area contributed by atoms with Gasteiger partial charge in [-0.05, 0) is 72.6 Å². The van der Waals surface area contributed by atoms with Crippen molar-refractivity contribution >= 4 is 63.2 Å². The first-order valence-corrected chi connectivity index (χ1v) is 14.6. The lowest BCUT2D eigenvalue weighted by Gasteiger charge is -2.33. The van der Waals surface area contributed by atoms with Crippen LogP contribution >= 0.6 is 34.7 Å². The number of thiophene rings is 1. The number of carbonyl (C=O) groups is 3. The van der Waals surface area contributed by atoms with Gasteiger partial charge in [0.15, 0.2) is 0 Å². The van der Waals surface area contributed by atoms with E-state index in [1.54, 1.807) is 30.3 Å². The van der Waals surface area contributed by atoms with Gasteiger partial charge in [-0.3, -0.25) is 9.59 Å². The van der Waals surface area contributed by atoms with Crippen molar-refractivity contribution in [2.24, 2.45) is 11.3 Å². The van der Waals surface area contributed by atoms with Crippen molar-refractivity contribution in [1.29, 1.82) is 0 Å². The van der Waals surface area contributed by atoms with E-state index in [9.17, 15) is 14.4 Å². The van der Waals surface area contributed by atoms with Crippen LogP contribution in [0.5, 0.6) is 0 Å². The highest BCUT2D eigenvalue weighted by Crippen LogP contribution is 2.44. The topological polar surface area (TPSA) is 84.5 Å². The number of amides is 2. The number of benzene rings is 2. The van der Waals surface area contributed by atoms with E-state index in [1.165, 1.54) is 30.2 Å². The fourth-order valence-electron chi connectivity index (χ4n) is 4.54. The summed E-state index contributed by atoms with van der Waals surface area (Å²) < 4.78 is 5.06. The molecule has 0 saturated heterocycles. The second kappa shape index (κ2) is 11.9. The number of nitrogens with one attached hydrogen (secondary N) is 2. The highest BCUT2D eigenvalue weighted by molar-refractivity contribution is 8.00. The van der Waals surface area contributed by atoms with Crippen LogP contribution in [0.15, 0.2) is 53.4 Å². The van der Waals surface area contributed by atoms with Crippen LogP contribution in [-0.4, -0.2) is 30.6 Å². The Morgan fingerprint density at radius 1 is 1.11 bits per heavy atom. The van der Waals surface area contributed by atoms with Crippen LogP contribution in [0.4, 0.5) is 10.7 Å². The van der Waals surface area contributed by atoms with Crippen molar-refractivity contribution < 1.29 is 19.1 Å². The first-order chi connectivity index (χ1) is 18.0. The van der Waals surface area contributed by atoms with Crippen LogP contribution in [-0.2, 0) is 22.4 Å². The fraction of sp³-hybridized carbons (Fsp3) is 0.345. The molecule has 1 heterocycles. The molecule has 3 aromatic rings. The number of fused-ring (bicyclic) bond motifs is 1. The molecule has 0 aliphatic heterocycles. The molecule has 200 valence electrons. The molecule has 0 fully saturated rings. The number of carbonyl (C=O) groups excluding carboxylic acids is 3. The van der Waals surface area contributed by atoms with Gasteiger partial charge in [-0.15, -0.1) is 23.1 Å². The molecule has 4 rings (SSSR count). The number of ether oxygens (including phenoxy) is 1. The van der Waals surface area contributed by atoms with Gasteiger partial charge in [0.2, 0.25) is 5.91 Å². The van der Waals surface area contributed by atoms with Crippen molar-refractivity contribution in [1.82, 2.24) is 0 Å². The van der Waals surface area contributed by atoms with Crippen molar-refractivity contribution in [3.05, 3.63) is 75.1 Å². The fourth-order valence-corrected chi connectivity index (χ4v) is 6.82. The highest BCUT2D eigenvalue weighted by atomic mass is 35.5. The summed E-state index contributed by atoms with van der Waals surface area (Å²) >= 11 is 8.82. The molecule has 6 nitrogen and oxygen atoms in total. The van der Waals surface area contributed by atoms with E-state index in [0.29, 0.717) is 32.8 Å². The molecule has 2 aromatic carbocycles. The molecule has 1 unspecified atom stereocenters. The Bertz CT molecular complexity index is 1360. The molecule has 2 amide bonds. The van der Waals surface area contributed by atoms with Gasteiger partial charge >= 0.3 is 5.97 Å². The normalized spacial score (nSPS) is 14.9. The summed E-state index contributed by atoms with van der Waals surface area (Å²) in [5.74, 6) is -0.218.